The van der Waals surface area contributed by atoms with Gasteiger partial charge in [0.25, 0.3) is 0 Å². The highest BCUT2D eigenvalue weighted by Gasteiger charge is 2.34. The number of rotatable bonds is 4. The van der Waals surface area contributed by atoms with E-state index in [2.05, 4.69) is 55.3 Å². The van der Waals surface area contributed by atoms with Gasteiger partial charge in [-0.15, -0.1) is 0 Å². The Balaban J connectivity index is 1.53. The van der Waals surface area contributed by atoms with Crippen LogP contribution in [0.5, 0.6) is 0 Å². The summed E-state index contributed by atoms with van der Waals surface area (Å²) in [6.45, 7) is 9.31. The molecule has 1 aliphatic carbocycles. The first kappa shape index (κ1) is 19.3. The molecule has 0 bridgehead atoms. The van der Waals surface area contributed by atoms with Gasteiger partial charge in [0.05, 0.1) is 11.8 Å². The predicted molar refractivity (Wildman–Crippen MR) is 112 cm³/mol. The number of hydrogen-bond donors (Lipinski definition) is 2. The lowest BCUT2D eigenvalue weighted by molar-refractivity contribution is 0.145. The first-order valence-corrected chi connectivity index (χ1v) is 10.5. The molecule has 1 saturated heterocycles. The van der Waals surface area contributed by atoms with Crippen LogP contribution in [0.25, 0.3) is 0 Å². The van der Waals surface area contributed by atoms with Crippen LogP contribution in [-0.4, -0.2) is 34.3 Å². The molecular weight excluding hydrogens is 348 g/mol. The maximum Gasteiger partial charge on any atom is 0.225 e. The van der Waals surface area contributed by atoms with Gasteiger partial charge in [-0.1, -0.05) is 43.7 Å². The zero-order valence-corrected chi connectivity index (χ0v) is 17.3. The minimum Gasteiger partial charge on any atom is -0.393 e. The van der Waals surface area contributed by atoms with Crippen molar-refractivity contribution in [2.75, 3.05) is 18.0 Å². The summed E-state index contributed by atoms with van der Waals surface area (Å²) in [5.41, 5.74) is 5.24. The molecule has 1 unspecified atom stereocenters. The van der Waals surface area contributed by atoms with Crippen molar-refractivity contribution in [1.29, 1.82) is 0 Å². The van der Waals surface area contributed by atoms with E-state index in [1.54, 1.807) is 0 Å². The summed E-state index contributed by atoms with van der Waals surface area (Å²) in [5, 5.41) is 13.5. The predicted octanol–water partition coefficient (Wildman–Crippen LogP) is 3.55. The Morgan fingerprint density at radius 2 is 2.04 bits per heavy atom. The number of anilines is 1. The maximum absolute atomic E-state index is 9.76. The number of aromatic nitrogens is 2. The summed E-state index contributed by atoms with van der Waals surface area (Å²) in [4.78, 5) is 11.9. The largest absolute Gasteiger partial charge is 0.393 e. The fourth-order valence-electron chi connectivity index (χ4n) is 4.50. The lowest BCUT2D eigenvalue weighted by atomic mass is 9.74. The fourth-order valence-corrected chi connectivity index (χ4v) is 4.50. The van der Waals surface area contributed by atoms with E-state index >= 15 is 0 Å². The smallest absolute Gasteiger partial charge is 0.225 e. The summed E-state index contributed by atoms with van der Waals surface area (Å²) < 4.78 is 0. The first-order valence-electron chi connectivity index (χ1n) is 10.5. The van der Waals surface area contributed by atoms with Crippen molar-refractivity contribution in [3.05, 3.63) is 52.8 Å². The van der Waals surface area contributed by atoms with Gasteiger partial charge >= 0.3 is 0 Å². The van der Waals surface area contributed by atoms with Crippen molar-refractivity contribution in [1.82, 2.24) is 15.3 Å². The van der Waals surface area contributed by atoms with Crippen LogP contribution in [0.2, 0.25) is 0 Å². The molecule has 2 aliphatic rings. The van der Waals surface area contributed by atoms with Crippen LogP contribution in [-0.2, 0) is 13.0 Å². The van der Waals surface area contributed by atoms with Gasteiger partial charge in [0.2, 0.25) is 5.95 Å². The first-order chi connectivity index (χ1) is 13.4. The minimum absolute atomic E-state index is 0.178. The Morgan fingerprint density at radius 1 is 1.25 bits per heavy atom. The third kappa shape index (κ3) is 4.36. The molecule has 2 aromatic rings. The van der Waals surface area contributed by atoms with Crippen LogP contribution in [0.1, 0.15) is 61.5 Å². The quantitative estimate of drug-likeness (QED) is 0.849. The third-order valence-electron chi connectivity index (χ3n) is 6.05. The van der Waals surface area contributed by atoms with E-state index in [4.69, 9.17) is 9.97 Å². The van der Waals surface area contributed by atoms with Crippen LogP contribution in [0.4, 0.5) is 5.95 Å². The molecular formula is C23H32N4O. The van der Waals surface area contributed by atoms with E-state index in [0.717, 1.165) is 51.3 Å². The Morgan fingerprint density at radius 3 is 2.79 bits per heavy atom. The Hall–Kier alpha value is -1.98. The second kappa shape index (κ2) is 7.80. The van der Waals surface area contributed by atoms with Gasteiger partial charge in [-0.2, -0.15) is 0 Å². The van der Waals surface area contributed by atoms with Crippen molar-refractivity contribution >= 4 is 5.95 Å². The topological polar surface area (TPSA) is 61.3 Å². The summed E-state index contributed by atoms with van der Waals surface area (Å²) >= 11 is 0. The van der Waals surface area contributed by atoms with Crippen LogP contribution in [0.15, 0.2) is 30.5 Å². The van der Waals surface area contributed by atoms with Crippen molar-refractivity contribution in [2.45, 2.75) is 65.1 Å². The average Bonchev–Trinajstić information content (AvgIpc) is 2.65. The second-order valence-electron chi connectivity index (χ2n) is 9.26. The number of benzene rings is 1. The number of nitrogens with zero attached hydrogens (tertiary/aromatic N) is 3. The molecule has 150 valence electrons. The molecule has 2 N–H and O–H groups in total. The van der Waals surface area contributed by atoms with E-state index in [-0.39, 0.29) is 17.6 Å². The molecule has 0 radical (unpaired) electrons. The van der Waals surface area contributed by atoms with Crippen LogP contribution in [0, 0.1) is 12.3 Å². The summed E-state index contributed by atoms with van der Waals surface area (Å²) in [5.74, 6) is 0.820. The minimum atomic E-state index is -0.178. The van der Waals surface area contributed by atoms with Gasteiger partial charge in [-0.25, -0.2) is 9.97 Å². The van der Waals surface area contributed by atoms with Crippen LogP contribution >= 0.6 is 0 Å². The number of fused-ring (bicyclic) bond motifs is 1. The van der Waals surface area contributed by atoms with Gasteiger partial charge in [0, 0.05) is 37.4 Å². The molecule has 0 saturated carbocycles. The summed E-state index contributed by atoms with van der Waals surface area (Å²) in [6, 6.07) is 8.95. The highest BCUT2D eigenvalue weighted by atomic mass is 16.3. The lowest BCUT2D eigenvalue weighted by Gasteiger charge is -2.37. The van der Waals surface area contributed by atoms with Gasteiger partial charge in [0.15, 0.2) is 0 Å². The van der Waals surface area contributed by atoms with Gasteiger partial charge < -0.3 is 15.3 Å². The molecule has 28 heavy (non-hydrogen) atoms. The monoisotopic (exact) mass is 380 g/mol. The third-order valence-corrected chi connectivity index (χ3v) is 6.05. The Labute approximate surface area is 168 Å². The van der Waals surface area contributed by atoms with E-state index in [1.165, 1.54) is 22.4 Å². The van der Waals surface area contributed by atoms with Crippen molar-refractivity contribution < 1.29 is 5.11 Å². The van der Waals surface area contributed by atoms with Crippen molar-refractivity contribution in [3.63, 3.8) is 0 Å². The molecule has 2 heterocycles. The fraction of sp³-hybridized carbons (Fsp3) is 0.565. The highest BCUT2D eigenvalue weighted by Crippen LogP contribution is 2.40. The molecule has 5 heteroatoms. The van der Waals surface area contributed by atoms with Crippen LogP contribution in [0.3, 0.4) is 0 Å². The lowest BCUT2D eigenvalue weighted by Crippen LogP contribution is -2.38. The van der Waals surface area contributed by atoms with E-state index in [0.29, 0.717) is 0 Å². The van der Waals surface area contributed by atoms with Crippen LogP contribution < -0.4 is 10.2 Å². The second-order valence-corrected chi connectivity index (χ2v) is 9.26. The van der Waals surface area contributed by atoms with E-state index < -0.39 is 0 Å². The van der Waals surface area contributed by atoms with Gasteiger partial charge in [0.1, 0.15) is 0 Å². The molecule has 1 aliphatic heterocycles. The molecule has 1 aromatic heterocycles. The number of nitrogens with one attached hydrogen (secondary N) is 1. The number of aliphatic hydroxyl groups is 1. The zero-order chi connectivity index (χ0) is 19.7. The molecule has 5 nitrogen and oxygen atoms in total. The normalized spacial score (nSPS) is 22.1. The molecule has 0 amide bonds. The summed E-state index contributed by atoms with van der Waals surface area (Å²) in [6.07, 6.45) is 5.52. The molecule has 1 aromatic carbocycles. The van der Waals surface area contributed by atoms with Crippen molar-refractivity contribution in [3.8, 4) is 0 Å². The zero-order valence-electron chi connectivity index (χ0n) is 17.3. The maximum atomic E-state index is 9.76. The highest BCUT2D eigenvalue weighted by molar-refractivity contribution is 5.37. The SMILES string of the molecule is Cc1cccc(CNC2CC(C)(C)Cc3nc(N4CCC(O)CC4)ncc32)c1. The number of hydrogen-bond acceptors (Lipinski definition) is 5. The standard InChI is InChI=1S/C23H32N4O/c1-16-5-4-6-17(11-16)14-24-20-12-23(2,3)13-21-19(20)15-25-22(26-21)27-9-7-18(28)8-10-27/h4-6,11,15,18,20,24,28H,7-10,12-14H2,1-3H3. The summed E-state index contributed by atoms with van der Waals surface area (Å²) in [7, 11) is 0. The average molecular weight is 381 g/mol. The van der Waals surface area contributed by atoms with E-state index in [1.807, 2.05) is 6.20 Å². The molecule has 1 fully saturated rings. The van der Waals surface area contributed by atoms with Gasteiger partial charge in [-0.05, 0) is 43.6 Å². The van der Waals surface area contributed by atoms with Gasteiger partial charge in [-0.3, -0.25) is 0 Å². The Kier molecular flexibility index (Phi) is 5.39. The number of aliphatic hydroxyl groups excluding tert-OH is 1. The molecule has 0 spiro atoms. The van der Waals surface area contributed by atoms with E-state index in [9.17, 15) is 5.11 Å². The molecule has 1 atom stereocenters. The van der Waals surface area contributed by atoms with Crippen molar-refractivity contribution in [2.24, 2.45) is 5.41 Å². The molecule has 4 rings (SSSR count). The Bertz CT molecular complexity index is 827. The number of aryl methyl sites for hydroxylation is 1. The number of piperidine rings is 1.